The predicted molar refractivity (Wildman–Crippen MR) is 71.1 cm³/mol. The Bertz CT molecular complexity index is 443. The van der Waals surface area contributed by atoms with E-state index in [4.69, 9.17) is 4.74 Å². The van der Waals surface area contributed by atoms with Gasteiger partial charge in [0.2, 0.25) is 0 Å². The number of carbonyl (C=O) groups excluding carboxylic acids is 1. The molecule has 4 saturated carbocycles. The molecule has 1 heterocycles. The molecule has 0 aromatic heterocycles. The second-order valence-corrected chi connectivity index (χ2v) is 8.34. The van der Waals surface area contributed by atoms with Crippen LogP contribution in [0.3, 0.4) is 0 Å². The van der Waals surface area contributed by atoms with Crippen LogP contribution in [0.1, 0.15) is 33.1 Å². The van der Waals surface area contributed by atoms with Crippen LogP contribution in [0, 0.1) is 59.2 Å². The molecular weight excluding hydrogens is 236 g/mol. The fraction of sp³-hybridized carbons (Fsp3) is 0.941. The van der Waals surface area contributed by atoms with E-state index in [1.54, 1.807) is 0 Å². The van der Waals surface area contributed by atoms with Crippen LogP contribution >= 0.6 is 0 Å². The molecule has 0 aromatic rings. The maximum absolute atomic E-state index is 12.0. The van der Waals surface area contributed by atoms with E-state index >= 15 is 0 Å². The standard InChI is InChI=1S/C17H24O2/c1-7(2)9-3-8-4-10(9)15-12-5-11(14(8)15)13-6-19-17(18)16(12)13/h7-16H,3-6H2,1-2H3. The van der Waals surface area contributed by atoms with E-state index in [2.05, 4.69) is 13.8 Å². The van der Waals surface area contributed by atoms with Crippen LogP contribution in [0.25, 0.3) is 0 Å². The van der Waals surface area contributed by atoms with Gasteiger partial charge in [0.25, 0.3) is 0 Å². The minimum atomic E-state index is 0.153. The Labute approximate surface area is 115 Å². The van der Waals surface area contributed by atoms with Gasteiger partial charge in [-0.25, -0.2) is 0 Å². The number of cyclic esters (lactones) is 1. The number of rotatable bonds is 1. The van der Waals surface area contributed by atoms with E-state index in [0.29, 0.717) is 17.8 Å². The van der Waals surface area contributed by atoms with E-state index in [0.717, 1.165) is 48.0 Å². The SMILES string of the molecule is CC(C)C1CC2CC1C1C3CC(C4COC(=O)C43)C21. The number of ether oxygens (including phenoxy) is 1. The minimum Gasteiger partial charge on any atom is -0.465 e. The summed E-state index contributed by atoms with van der Waals surface area (Å²) in [4.78, 5) is 12.0. The molecule has 9 atom stereocenters. The van der Waals surface area contributed by atoms with Crippen molar-refractivity contribution in [3.8, 4) is 0 Å². The third kappa shape index (κ3) is 1.14. The number of hydrogen-bond donors (Lipinski definition) is 0. The Kier molecular flexibility index (Phi) is 1.98. The molecule has 5 rings (SSSR count). The maximum Gasteiger partial charge on any atom is 0.309 e. The molecule has 4 aliphatic carbocycles. The van der Waals surface area contributed by atoms with Crippen LogP contribution < -0.4 is 0 Å². The summed E-state index contributed by atoms with van der Waals surface area (Å²) in [5.41, 5.74) is 0. The van der Waals surface area contributed by atoms with Gasteiger partial charge < -0.3 is 4.74 Å². The van der Waals surface area contributed by atoms with Crippen molar-refractivity contribution in [2.45, 2.75) is 33.1 Å². The molecule has 0 amide bonds. The highest BCUT2D eigenvalue weighted by molar-refractivity contribution is 5.76. The Morgan fingerprint density at radius 2 is 1.84 bits per heavy atom. The fourth-order valence-corrected chi connectivity index (χ4v) is 7.42. The highest BCUT2D eigenvalue weighted by atomic mass is 16.5. The summed E-state index contributed by atoms with van der Waals surface area (Å²) in [6, 6.07) is 0. The molecule has 5 aliphatic rings. The number of esters is 1. The molecule has 19 heavy (non-hydrogen) atoms. The molecule has 4 bridgehead atoms. The summed E-state index contributed by atoms with van der Waals surface area (Å²) in [5, 5.41) is 0. The molecule has 0 N–H and O–H groups in total. The zero-order chi connectivity index (χ0) is 12.9. The summed E-state index contributed by atoms with van der Waals surface area (Å²) in [7, 11) is 0. The van der Waals surface area contributed by atoms with Gasteiger partial charge in [0.05, 0.1) is 12.5 Å². The van der Waals surface area contributed by atoms with Gasteiger partial charge in [-0.2, -0.15) is 0 Å². The van der Waals surface area contributed by atoms with Crippen LogP contribution in [0.4, 0.5) is 0 Å². The lowest BCUT2D eigenvalue weighted by molar-refractivity contribution is -0.143. The molecule has 0 radical (unpaired) electrons. The summed E-state index contributed by atoms with van der Waals surface area (Å²) in [6.45, 7) is 5.55. The van der Waals surface area contributed by atoms with Crippen molar-refractivity contribution < 1.29 is 9.53 Å². The van der Waals surface area contributed by atoms with Gasteiger partial charge in [0.15, 0.2) is 0 Å². The van der Waals surface area contributed by atoms with Crippen molar-refractivity contribution in [1.29, 1.82) is 0 Å². The third-order valence-corrected chi connectivity index (χ3v) is 7.74. The molecule has 5 fully saturated rings. The monoisotopic (exact) mass is 260 g/mol. The number of hydrogen-bond acceptors (Lipinski definition) is 2. The average Bonchev–Trinajstić information content (AvgIpc) is 3.10. The smallest absolute Gasteiger partial charge is 0.309 e. The lowest BCUT2D eigenvalue weighted by atomic mass is 9.60. The van der Waals surface area contributed by atoms with Crippen LogP contribution in [-0.2, 0) is 9.53 Å². The molecule has 104 valence electrons. The van der Waals surface area contributed by atoms with Crippen molar-refractivity contribution in [1.82, 2.24) is 0 Å². The first-order valence-electron chi connectivity index (χ1n) is 8.33. The van der Waals surface area contributed by atoms with Gasteiger partial charge >= 0.3 is 5.97 Å². The second-order valence-electron chi connectivity index (χ2n) is 8.34. The van der Waals surface area contributed by atoms with Crippen LogP contribution in [-0.4, -0.2) is 12.6 Å². The number of carbonyl (C=O) groups is 1. The number of fused-ring (bicyclic) bond motifs is 12. The first kappa shape index (κ1) is 11.2. The van der Waals surface area contributed by atoms with E-state index in [-0.39, 0.29) is 5.97 Å². The third-order valence-electron chi connectivity index (χ3n) is 7.74. The Morgan fingerprint density at radius 3 is 2.63 bits per heavy atom. The van der Waals surface area contributed by atoms with E-state index in [9.17, 15) is 4.79 Å². The van der Waals surface area contributed by atoms with E-state index in [1.165, 1.54) is 19.3 Å². The fourth-order valence-electron chi connectivity index (χ4n) is 7.42. The summed E-state index contributed by atoms with van der Waals surface area (Å²) in [5.74, 6) is 8.19. The van der Waals surface area contributed by atoms with Crippen molar-refractivity contribution in [3.05, 3.63) is 0 Å². The quantitative estimate of drug-likeness (QED) is 0.535. The molecule has 1 saturated heterocycles. The summed E-state index contributed by atoms with van der Waals surface area (Å²) in [6.07, 6.45) is 4.33. The van der Waals surface area contributed by atoms with Gasteiger partial charge in [-0.1, -0.05) is 13.8 Å². The zero-order valence-electron chi connectivity index (χ0n) is 11.9. The molecule has 9 unspecified atom stereocenters. The lowest BCUT2D eigenvalue weighted by Gasteiger charge is -2.43. The first-order chi connectivity index (χ1) is 9.16. The van der Waals surface area contributed by atoms with Gasteiger partial charge in [0, 0.05) is 5.92 Å². The van der Waals surface area contributed by atoms with Crippen LogP contribution in [0.15, 0.2) is 0 Å². The normalized spacial score (nSPS) is 60.8. The zero-order valence-corrected chi connectivity index (χ0v) is 11.9. The van der Waals surface area contributed by atoms with Crippen LogP contribution in [0.5, 0.6) is 0 Å². The van der Waals surface area contributed by atoms with Gasteiger partial charge in [-0.15, -0.1) is 0 Å². The van der Waals surface area contributed by atoms with Crippen molar-refractivity contribution in [3.63, 3.8) is 0 Å². The van der Waals surface area contributed by atoms with Crippen LogP contribution in [0.2, 0.25) is 0 Å². The van der Waals surface area contributed by atoms with Crippen molar-refractivity contribution in [2.24, 2.45) is 59.2 Å². The Hall–Kier alpha value is -0.530. The Balaban J connectivity index is 1.51. The lowest BCUT2D eigenvalue weighted by Crippen LogP contribution is -2.41. The summed E-state index contributed by atoms with van der Waals surface area (Å²) >= 11 is 0. The Morgan fingerprint density at radius 1 is 1.00 bits per heavy atom. The average molecular weight is 260 g/mol. The molecule has 0 aromatic carbocycles. The van der Waals surface area contributed by atoms with Gasteiger partial charge in [-0.3, -0.25) is 4.79 Å². The molecule has 2 heteroatoms. The van der Waals surface area contributed by atoms with E-state index in [1.807, 2.05) is 0 Å². The first-order valence-corrected chi connectivity index (χ1v) is 8.33. The predicted octanol–water partition coefficient (Wildman–Crippen LogP) is 2.97. The summed E-state index contributed by atoms with van der Waals surface area (Å²) < 4.78 is 5.39. The van der Waals surface area contributed by atoms with Crippen molar-refractivity contribution in [2.75, 3.05) is 6.61 Å². The highest BCUT2D eigenvalue weighted by Crippen LogP contribution is 2.72. The minimum absolute atomic E-state index is 0.153. The van der Waals surface area contributed by atoms with Crippen molar-refractivity contribution >= 4 is 5.97 Å². The highest BCUT2D eigenvalue weighted by Gasteiger charge is 2.70. The molecule has 2 nitrogen and oxygen atoms in total. The topological polar surface area (TPSA) is 26.3 Å². The molecule has 1 aliphatic heterocycles. The molecular formula is C17H24O2. The second kappa shape index (κ2) is 3.38. The van der Waals surface area contributed by atoms with Gasteiger partial charge in [-0.05, 0) is 66.6 Å². The molecule has 0 spiro atoms. The maximum atomic E-state index is 12.0. The van der Waals surface area contributed by atoms with Gasteiger partial charge in [0.1, 0.15) is 0 Å². The largest absolute Gasteiger partial charge is 0.465 e. The van der Waals surface area contributed by atoms with E-state index < -0.39 is 0 Å².